The molecule has 2 aliphatic heterocycles. The molecule has 1 saturated heterocycles. The lowest BCUT2D eigenvalue weighted by atomic mass is 9.78. The minimum atomic E-state index is -3.05. The van der Waals surface area contributed by atoms with E-state index in [1.54, 1.807) is 10.9 Å². The van der Waals surface area contributed by atoms with Gasteiger partial charge in [0.1, 0.15) is 12.2 Å². The molecule has 160 valence electrons. The summed E-state index contributed by atoms with van der Waals surface area (Å²) in [5.74, 6) is -3.05. The molecule has 0 aromatic carbocycles. The third-order valence-electron chi connectivity index (χ3n) is 5.37. The van der Waals surface area contributed by atoms with Crippen molar-refractivity contribution in [3.8, 4) is 0 Å². The first-order valence-corrected chi connectivity index (χ1v) is 10.6. The largest absolute Gasteiger partial charge is 0.389 e. The predicted octanol–water partition coefficient (Wildman–Crippen LogP) is 2.83. The number of ether oxygens (including phenoxy) is 2. The molecule has 2 N–H and O–H groups in total. The van der Waals surface area contributed by atoms with Crippen molar-refractivity contribution >= 4 is 22.9 Å². The summed E-state index contributed by atoms with van der Waals surface area (Å²) in [5.41, 5.74) is -0.202. The lowest BCUT2D eigenvalue weighted by molar-refractivity contribution is -0.183. The monoisotopic (exact) mass is 448 g/mol. The molecule has 7 nitrogen and oxygen atoms in total. The van der Waals surface area contributed by atoms with Gasteiger partial charge in [0.25, 0.3) is 5.92 Å². The van der Waals surface area contributed by atoms with Crippen LogP contribution < -0.4 is 5.32 Å². The van der Waals surface area contributed by atoms with E-state index in [1.807, 2.05) is 6.92 Å². The van der Waals surface area contributed by atoms with E-state index in [0.717, 1.165) is 11.3 Å². The molecule has 11 heteroatoms. The molecule has 0 amide bonds. The standard InChI is InChI=1S/C18H23ClF2N4O3S/c1-10-4-17(16-12(3-15(19)29-16)18(20,21)9-28-17)5-13(22-10)14-7-25(24-23-14)6-11(26)8-27-2/h3,7,10-11,13,22,26H,4-6,8-9H2,1-2H3/t10-,11?,13-,17-/m0/s1. The second kappa shape index (κ2) is 7.82. The molecular formula is C18H23ClF2N4O3S. The van der Waals surface area contributed by atoms with Crippen molar-refractivity contribution < 1.29 is 23.4 Å². The van der Waals surface area contributed by atoms with Crippen molar-refractivity contribution in [1.82, 2.24) is 20.3 Å². The molecule has 1 spiro atoms. The SMILES string of the molecule is COCC(O)Cn1cc([C@@H]2C[C@]3(C[C@H](C)N2)OCC(F)(F)c2cc(Cl)sc23)nn1. The van der Waals surface area contributed by atoms with E-state index in [2.05, 4.69) is 15.6 Å². The molecular weight excluding hydrogens is 426 g/mol. The van der Waals surface area contributed by atoms with Crippen molar-refractivity contribution in [3.63, 3.8) is 0 Å². The van der Waals surface area contributed by atoms with Gasteiger partial charge in [-0.15, -0.1) is 16.4 Å². The number of rotatable bonds is 5. The molecule has 2 aromatic rings. The number of aliphatic hydroxyl groups excluding tert-OH is 1. The molecule has 4 atom stereocenters. The van der Waals surface area contributed by atoms with E-state index < -0.39 is 24.2 Å². The van der Waals surface area contributed by atoms with Crippen LogP contribution in [0.2, 0.25) is 4.34 Å². The van der Waals surface area contributed by atoms with Gasteiger partial charge in [-0.2, -0.15) is 8.78 Å². The highest BCUT2D eigenvalue weighted by molar-refractivity contribution is 7.16. The second-order valence-corrected chi connectivity index (χ2v) is 9.47. The summed E-state index contributed by atoms with van der Waals surface area (Å²) < 4.78 is 41.5. The van der Waals surface area contributed by atoms with Crippen LogP contribution in [0.15, 0.2) is 12.3 Å². The van der Waals surface area contributed by atoms with Crippen LogP contribution in [-0.4, -0.2) is 52.6 Å². The van der Waals surface area contributed by atoms with Gasteiger partial charge in [0, 0.05) is 30.0 Å². The maximum atomic E-state index is 14.4. The Morgan fingerprint density at radius 1 is 1.52 bits per heavy atom. The number of piperidine rings is 1. The molecule has 0 bridgehead atoms. The van der Waals surface area contributed by atoms with Crippen molar-refractivity contribution in [2.75, 3.05) is 20.3 Å². The first-order valence-electron chi connectivity index (χ1n) is 9.37. The van der Waals surface area contributed by atoms with Crippen LogP contribution in [0.25, 0.3) is 0 Å². The highest BCUT2D eigenvalue weighted by Crippen LogP contribution is 2.54. The highest BCUT2D eigenvalue weighted by atomic mass is 35.5. The maximum absolute atomic E-state index is 14.4. The second-order valence-electron chi connectivity index (χ2n) is 7.78. The minimum absolute atomic E-state index is 0.0124. The van der Waals surface area contributed by atoms with E-state index in [-0.39, 0.29) is 30.8 Å². The molecule has 0 radical (unpaired) electrons. The van der Waals surface area contributed by atoms with Crippen LogP contribution in [0.1, 0.15) is 41.9 Å². The summed E-state index contributed by atoms with van der Waals surface area (Å²) in [6.45, 7) is 1.77. The zero-order valence-electron chi connectivity index (χ0n) is 16.1. The van der Waals surface area contributed by atoms with Crippen LogP contribution in [0, 0.1) is 0 Å². The van der Waals surface area contributed by atoms with Gasteiger partial charge in [-0.1, -0.05) is 16.8 Å². The Morgan fingerprint density at radius 2 is 2.31 bits per heavy atom. The molecule has 0 aliphatic carbocycles. The van der Waals surface area contributed by atoms with Gasteiger partial charge < -0.3 is 19.9 Å². The average molecular weight is 449 g/mol. The van der Waals surface area contributed by atoms with Gasteiger partial charge >= 0.3 is 0 Å². The fraction of sp³-hybridized carbons (Fsp3) is 0.667. The number of alkyl halides is 2. The summed E-state index contributed by atoms with van der Waals surface area (Å²) in [6.07, 6.45) is 2.06. The smallest absolute Gasteiger partial charge is 0.297 e. The Bertz CT molecular complexity index is 879. The summed E-state index contributed by atoms with van der Waals surface area (Å²) >= 11 is 7.26. The van der Waals surface area contributed by atoms with Gasteiger partial charge in [0.15, 0.2) is 0 Å². The van der Waals surface area contributed by atoms with E-state index in [4.69, 9.17) is 21.1 Å². The lowest BCUT2D eigenvalue weighted by Crippen LogP contribution is -2.51. The topological polar surface area (TPSA) is 81.4 Å². The van der Waals surface area contributed by atoms with Crippen molar-refractivity contribution in [1.29, 1.82) is 0 Å². The number of fused-ring (bicyclic) bond motifs is 2. The lowest BCUT2D eigenvalue weighted by Gasteiger charge is -2.47. The van der Waals surface area contributed by atoms with E-state index in [9.17, 15) is 13.9 Å². The Hall–Kier alpha value is -1.17. The van der Waals surface area contributed by atoms with Crippen LogP contribution >= 0.6 is 22.9 Å². The van der Waals surface area contributed by atoms with E-state index in [0.29, 0.717) is 27.7 Å². The van der Waals surface area contributed by atoms with Gasteiger partial charge in [-0.25, -0.2) is 4.68 Å². The molecule has 2 aromatic heterocycles. The van der Waals surface area contributed by atoms with Crippen molar-refractivity contribution in [2.24, 2.45) is 0 Å². The molecule has 0 saturated carbocycles. The first kappa shape index (κ1) is 21.1. The number of thiophene rings is 1. The molecule has 2 aliphatic rings. The normalized spacial score (nSPS) is 29.7. The van der Waals surface area contributed by atoms with Crippen molar-refractivity contribution in [2.45, 2.75) is 56.0 Å². The van der Waals surface area contributed by atoms with Crippen LogP contribution in [0.3, 0.4) is 0 Å². The molecule has 4 heterocycles. The fourth-order valence-corrected chi connectivity index (χ4v) is 5.67. The Morgan fingerprint density at radius 3 is 3.07 bits per heavy atom. The number of hydrogen-bond acceptors (Lipinski definition) is 7. The number of nitrogens with zero attached hydrogens (tertiary/aromatic N) is 3. The first-order chi connectivity index (χ1) is 13.7. The minimum Gasteiger partial charge on any atom is -0.389 e. The predicted molar refractivity (Wildman–Crippen MR) is 103 cm³/mol. The third-order valence-corrected chi connectivity index (χ3v) is 6.81. The number of aliphatic hydroxyl groups is 1. The van der Waals surface area contributed by atoms with Gasteiger partial charge in [-0.3, -0.25) is 0 Å². The maximum Gasteiger partial charge on any atom is 0.297 e. The summed E-state index contributed by atoms with van der Waals surface area (Å²) in [5, 5.41) is 21.7. The highest BCUT2D eigenvalue weighted by Gasteiger charge is 2.53. The summed E-state index contributed by atoms with van der Waals surface area (Å²) in [6, 6.07) is 1.15. The molecule has 4 rings (SSSR count). The number of halogens is 3. The average Bonchev–Trinajstić information content (AvgIpc) is 3.26. The van der Waals surface area contributed by atoms with E-state index in [1.165, 1.54) is 13.2 Å². The van der Waals surface area contributed by atoms with Crippen LogP contribution in [-0.2, 0) is 27.5 Å². The Balaban J connectivity index is 1.60. The zero-order chi connectivity index (χ0) is 20.8. The van der Waals surface area contributed by atoms with Gasteiger partial charge in [-0.05, 0) is 19.4 Å². The number of hydrogen-bond donors (Lipinski definition) is 2. The molecule has 1 unspecified atom stereocenters. The Labute approximate surface area is 175 Å². The van der Waals surface area contributed by atoms with Crippen LogP contribution in [0.4, 0.5) is 8.78 Å². The van der Waals surface area contributed by atoms with Gasteiger partial charge in [0.2, 0.25) is 0 Å². The number of aromatic nitrogens is 3. The summed E-state index contributed by atoms with van der Waals surface area (Å²) in [7, 11) is 1.52. The number of methoxy groups -OCH3 is 1. The molecule has 1 fully saturated rings. The van der Waals surface area contributed by atoms with Crippen molar-refractivity contribution in [3.05, 3.63) is 32.7 Å². The quantitative estimate of drug-likeness (QED) is 0.732. The van der Waals surface area contributed by atoms with Gasteiger partial charge in [0.05, 0.1) is 41.5 Å². The third kappa shape index (κ3) is 4.06. The number of nitrogens with one attached hydrogen (secondary N) is 1. The van der Waals surface area contributed by atoms with Crippen LogP contribution in [0.5, 0.6) is 0 Å². The zero-order valence-corrected chi connectivity index (χ0v) is 17.6. The fourth-order valence-electron chi connectivity index (χ4n) is 4.23. The Kier molecular flexibility index (Phi) is 5.69. The molecule has 29 heavy (non-hydrogen) atoms. The van der Waals surface area contributed by atoms with E-state index >= 15 is 0 Å². The summed E-state index contributed by atoms with van der Waals surface area (Å²) in [4.78, 5) is 0.500.